The largest absolute Gasteiger partial charge is 0.253 e. The van der Waals surface area contributed by atoms with Gasteiger partial charge >= 0.3 is 0 Å². The van der Waals surface area contributed by atoms with Crippen molar-refractivity contribution in [1.82, 2.24) is 0 Å². The molecule has 1 atom stereocenters. The van der Waals surface area contributed by atoms with Crippen LogP contribution in [-0.2, 0) is 14.5 Å². The van der Waals surface area contributed by atoms with Gasteiger partial charge in [0.15, 0.2) is 0 Å². The first-order chi connectivity index (χ1) is 8.93. The van der Waals surface area contributed by atoms with Gasteiger partial charge in [-0.1, -0.05) is 6.08 Å². The van der Waals surface area contributed by atoms with E-state index in [0.717, 1.165) is 22.3 Å². The molecule has 4 nitrogen and oxygen atoms in total. The van der Waals surface area contributed by atoms with Crippen LogP contribution in [0.15, 0.2) is 23.2 Å². The highest BCUT2D eigenvalue weighted by Gasteiger charge is 2.17. The average molecular weight is 276 g/mol. The molecule has 1 aromatic carbocycles. The third-order valence-electron chi connectivity index (χ3n) is 3.31. The van der Waals surface area contributed by atoms with Crippen molar-refractivity contribution in [2.75, 3.05) is 11.5 Å². The molecule has 0 amide bonds. The van der Waals surface area contributed by atoms with Crippen molar-refractivity contribution < 1.29 is 9.00 Å². The Balaban J connectivity index is 2.47. The molecule has 1 heterocycles. The summed E-state index contributed by atoms with van der Waals surface area (Å²) in [5.74, 6) is 0.751. The van der Waals surface area contributed by atoms with Crippen molar-refractivity contribution in [2.24, 2.45) is 4.99 Å². The van der Waals surface area contributed by atoms with Crippen LogP contribution >= 0.6 is 0 Å². The summed E-state index contributed by atoms with van der Waals surface area (Å²) >= 11 is 0. The molecular formula is C14H16N2O2S. The molecule has 1 aromatic rings. The van der Waals surface area contributed by atoms with E-state index in [-0.39, 0.29) is 0 Å². The lowest BCUT2D eigenvalue weighted by Crippen LogP contribution is -2.14. The summed E-state index contributed by atoms with van der Waals surface area (Å²) in [7, 11) is -2.41. The van der Waals surface area contributed by atoms with E-state index in [9.17, 15) is 9.00 Å². The third kappa shape index (κ3) is 3.00. The molecule has 0 spiro atoms. The summed E-state index contributed by atoms with van der Waals surface area (Å²) in [6.07, 6.45) is 4.13. The lowest BCUT2D eigenvalue weighted by Gasteiger charge is -2.19. The minimum absolute atomic E-state index is 0.329. The first-order valence-electron chi connectivity index (χ1n) is 6.05. The molecule has 1 unspecified atom stereocenters. The van der Waals surface area contributed by atoms with Gasteiger partial charge < -0.3 is 0 Å². The summed E-state index contributed by atoms with van der Waals surface area (Å²) < 4.78 is 19.3. The van der Waals surface area contributed by atoms with Crippen LogP contribution in [0.4, 0.5) is 5.69 Å². The Hall–Kier alpha value is -1.71. The van der Waals surface area contributed by atoms with Gasteiger partial charge in [-0.3, -0.25) is 4.78 Å². The molecule has 0 saturated heterocycles. The normalized spacial score (nSPS) is 22.5. The van der Waals surface area contributed by atoms with E-state index in [2.05, 4.69) is 4.99 Å². The third-order valence-corrected chi connectivity index (χ3v) is 4.88. The topological polar surface area (TPSA) is 70.3 Å². The number of hydrogen-bond acceptors (Lipinski definition) is 4. The minimum atomic E-state index is -2.41. The number of allylic oxidation sites excluding steroid dienone is 1. The Kier molecular flexibility index (Phi) is 3.69. The fourth-order valence-corrected chi connectivity index (χ4v) is 3.67. The smallest absolute Gasteiger partial charge is 0.240 e. The highest BCUT2D eigenvalue weighted by Crippen LogP contribution is 2.31. The molecule has 100 valence electrons. The van der Waals surface area contributed by atoms with E-state index in [4.69, 9.17) is 4.78 Å². The number of aryl methyl sites for hydroxylation is 2. The Morgan fingerprint density at radius 1 is 1.32 bits per heavy atom. The lowest BCUT2D eigenvalue weighted by atomic mass is 9.93. The molecule has 0 saturated carbocycles. The summed E-state index contributed by atoms with van der Waals surface area (Å²) in [6.45, 7) is 3.94. The van der Waals surface area contributed by atoms with Crippen molar-refractivity contribution in [1.29, 1.82) is 4.78 Å². The Morgan fingerprint density at radius 2 is 1.95 bits per heavy atom. The van der Waals surface area contributed by atoms with Crippen molar-refractivity contribution >= 4 is 27.1 Å². The Bertz CT molecular complexity index is 673. The summed E-state index contributed by atoms with van der Waals surface area (Å²) in [6, 6.07) is 3.70. The predicted octanol–water partition coefficient (Wildman–Crippen LogP) is 3.10. The fourth-order valence-electron chi connectivity index (χ4n) is 2.49. The lowest BCUT2D eigenvalue weighted by molar-refractivity contribution is 0.565. The molecule has 0 aromatic heterocycles. The molecule has 1 N–H and O–H groups in total. The SMILES string of the molecule is Cc1cc(N=C=O)cc(C)c1C1=CCS(=N)(=O)CC1. The summed E-state index contributed by atoms with van der Waals surface area (Å²) in [5, 5.41) is 0. The maximum absolute atomic E-state index is 11.7. The van der Waals surface area contributed by atoms with E-state index >= 15 is 0 Å². The van der Waals surface area contributed by atoms with Crippen molar-refractivity contribution in [2.45, 2.75) is 20.3 Å². The standard InChI is InChI=1S/C14H16N2O2S/c1-10-7-13(16-9-17)8-11(2)14(10)12-3-5-19(15,18)6-4-12/h3,7-8,15H,4-6H2,1-2H3. The number of aliphatic imine (C=N–C) groups is 1. The van der Waals surface area contributed by atoms with Gasteiger partial charge in [0.2, 0.25) is 6.08 Å². The zero-order valence-electron chi connectivity index (χ0n) is 11.0. The monoisotopic (exact) mass is 276 g/mol. The van der Waals surface area contributed by atoms with Gasteiger partial charge in [0.25, 0.3) is 0 Å². The van der Waals surface area contributed by atoms with E-state index in [1.807, 2.05) is 32.1 Å². The van der Waals surface area contributed by atoms with E-state index in [1.54, 1.807) is 6.08 Å². The first kappa shape index (κ1) is 13.7. The van der Waals surface area contributed by atoms with Crippen LogP contribution < -0.4 is 0 Å². The Morgan fingerprint density at radius 3 is 2.42 bits per heavy atom. The molecule has 2 rings (SSSR count). The predicted molar refractivity (Wildman–Crippen MR) is 76.9 cm³/mol. The second-order valence-electron chi connectivity index (χ2n) is 4.82. The van der Waals surface area contributed by atoms with Gasteiger partial charge in [0.1, 0.15) is 0 Å². The number of carbonyl (C=O) groups excluding carboxylic acids is 1. The van der Waals surface area contributed by atoms with Crippen molar-refractivity contribution in [3.05, 3.63) is 34.9 Å². The number of nitrogens with zero attached hydrogens (tertiary/aromatic N) is 1. The molecule has 1 aliphatic heterocycles. The molecule has 0 aliphatic carbocycles. The highest BCUT2D eigenvalue weighted by atomic mass is 32.2. The van der Waals surface area contributed by atoms with Gasteiger partial charge in [0, 0.05) is 15.5 Å². The Labute approximate surface area is 113 Å². The van der Waals surface area contributed by atoms with Crippen LogP contribution in [0.2, 0.25) is 0 Å². The maximum atomic E-state index is 11.7. The summed E-state index contributed by atoms with van der Waals surface area (Å²) in [4.78, 5) is 13.9. The number of benzene rings is 1. The minimum Gasteiger partial charge on any atom is -0.253 e. The van der Waals surface area contributed by atoms with Gasteiger partial charge in [-0.25, -0.2) is 9.00 Å². The van der Waals surface area contributed by atoms with Crippen LogP contribution in [0.3, 0.4) is 0 Å². The zero-order valence-corrected chi connectivity index (χ0v) is 11.8. The average Bonchev–Trinajstić information content (AvgIpc) is 2.31. The van der Waals surface area contributed by atoms with Gasteiger partial charge in [-0.15, -0.1) is 0 Å². The quantitative estimate of drug-likeness (QED) is 0.666. The van der Waals surface area contributed by atoms with Crippen LogP contribution in [-0.4, -0.2) is 21.8 Å². The van der Waals surface area contributed by atoms with Crippen molar-refractivity contribution in [3.63, 3.8) is 0 Å². The van der Waals surface area contributed by atoms with E-state index < -0.39 is 9.73 Å². The molecule has 19 heavy (non-hydrogen) atoms. The van der Waals surface area contributed by atoms with Crippen LogP contribution in [0.5, 0.6) is 0 Å². The van der Waals surface area contributed by atoms with Crippen LogP contribution in [0, 0.1) is 18.6 Å². The number of isocyanates is 1. The second-order valence-corrected chi connectivity index (χ2v) is 7.18. The van der Waals surface area contributed by atoms with Crippen LogP contribution in [0.25, 0.3) is 5.57 Å². The van der Waals surface area contributed by atoms with E-state index in [1.165, 1.54) is 0 Å². The second kappa shape index (κ2) is 5.11. The number of hydrogen-bond donors (Lipinski definition) is 1. The van der Waals surface area contributed by atoms with Gasteiger partial charge in [0.05, 0.1) is 11.4 Å². The molecule has 5 heteroatoms. The summed E-state index contributed by atoms with van der Waals surface area (Å²) in [5.41, 5.74) is 4.95. The number of nitrogens with one attached hydrogen (secondary N) is 1. The maximum Gasteiger partial charge on any atom is 0.240 e. The zero-order chi connectivity index (χ0) is 14.0. The molecule has 0 bridgehead atoms. The van der Waals surface area contributed by atoms with E-state index in [0.29, 0.717) is 23.6 Å². The molecular weight excluding hydrogens is 260 g/mol. The fraction of sp³-hybridized carbons (Fsp3) is 0.357. The van der Waals surface area contributed by atoms with Gasteiger partial charge in [-0.05, 0) is 54.7 Å². The highest BCUT2D eigenvalue weighted by molar-refractivity contribution is 7.92. The van der Waals surface area contributed by atoms with Crippen molar-refractivity contribution in [3.8, 4) is 0 Å². The first-order valence-corrected chi connectivity index (χ1v) is 7.95. The number of rotatable bonds is 2. The molecule has 0 radical (unpaired) electrons. The molecule has 0 fully saturated rings. The van der Waals surface area contributed by atoms with Crippen LogP contribution in [0.1, 0.15) is 23.1 Å². The molecule has 1 aliphatic rings. The van der Waals surface area contributed by atoms with Gasteiger partial charge in [-0.2, -0.15) is 4.99 Å².